The van der Waals surface area contributed by atoms with Gasteiger partial charge in [-0.3, -0.25) is 4.79 Å². The molecule has 2 atom stereocenters. The molecule has 2 amide bonds. The molecule has 0 bridgehead atoms. The van der Waals surface area contributed by atoms with Gasteiger partial charge in [-0.1, -0.05) is 19.8 Å². The normalized spacial score (nSPS) is 27.4. The van der Waals surface area contributed by atoms with Gasteiger partial charge in [-0.05, 0) is 43.9 Å². The minimum absolute atomic E-state index is 0.0748. The Hall–Kier alpha value is -1.26. The number of likely N-dealkylation sites (tertiary alicyclic amines) is 1. The summed E-state index contributed by atoms with van der Waals surface area (Å²) in [5.41, 5.74) is 0. The highest BCUT2D eigenvalue weighted by Crippen LogP contribution is 2.25. The number of hydrogen-bond acceptors (Lipinski definition) is 2. The van der Waals surface area contributed by atoms with E-state index in [2.05, 4.69) is 12.2 Å². The fraction of sp³-hybridized carbons (Fsp3) is 0.875. The number of nitrogens with zero attached hydrogens (tertiary/aromatic N) is 1. The molecule has 120 valence electrons. The summed E-state index contributed by atoms with van der Waals surface area (Å²) in [6.45, 7) is 3.78. The van der Waals surface area contributed by atoms with Crippen LogP contribution in [-0.2, 0) is 4.79 Å². The molecule has 21 heavy (non-hydrogen) atoms. The van der Waals surface area contributed by atoms with Gasteiger partial charge in [-0.25, -0.2) is 4.79 Å². The second-order valence-electron chi connectivity index (χ2n) is 6.78. The molecule has 0 aromatic heterocycles. The molecule has 5 nitrogen and oxygen atoms in total. The highest BCUT2D eigenvalue weighted by Gasteiger charge is 2.26. The van der Waals surface area contributed by atoms with Crippen molar-refractivity contribution in [1.29, 1.82) is 0 Å². The third-order valence-corrected chi connectivity index (χ3v) is 4.93. The van der Waals surface area contributed by atoms with Crippen LogP contribution in [0.2, 0.25) is 0 Å². The van der Waals surface area contributed by atoms with Gasteiger partial charge in [0.25, 0.3) is 0 Å². The second kappa shape index (κ2) is 7.66. The summed E-state index contributed by atoms with van der Waals surface area (Å²) in [5.74, 6) is 0.451. The van der Waals surface area contributed by atoms with Crippen molar-refractivity contribution in [3.8, 4) is 0 Å². The van der Waals surface area contributed by atoms with E-state index in [1.165, 1.54) is 12.8 Å². The standard InChI is InChI=1S/C16H28N2O3/c1-12-3-2-4-14(11-12)17-16(21)18-9-7-13(8-10-18)5-6-15(19)20/h12-14H,2-11H2,1H3,(H,17,21)(H,19,20). The van der Waals surface area contributed by atoms with E-state index in [4.69, 9.17) is 5.11 Å². The summed E-state index contributed by atoms with van der Waals surface area (Å²) in [6, 6.07) is 0.414. The van der Waals surface area contributed by atoms with E-state index in [0.717, 1.165) is 45.2 Å². The van der Waals surface area contributed by atoms with Crippen LogP contribution in [0.15, 0.2) is 0 Å². The van der Waals surface area contributed by atoms with Crippen LogP contribution in [0.25, 0.3) is 0 Å². The predicted molar refractivity (Wildman–Crippen MR) is 81.1 cm³/mol. The van der Waals surface area contributed by atoms with E-state index in [1.54, 1.807) is 0 Å². The van der Waals surface area contributed by atoms with Gasteiger partial charge in [0.1, 0.15) is 0 Å². The fourth-order valence-electron chi connectivity index (χ4n) is 3.58. The van der Waals surface area contributed by atoms with Crippen molar-refractivity contribution in [2.45, 2.75) is 64.3 Å². The number of amides is 2. The van der Waals surface area contributed by atoms with Crippen molar-refractivity contribution in [3.63, 3.8) is 0 Å². The zero-order valence-electron chi connectivity index (χ0n) is 13.0. The van der Waals surface area contributed by atoms with Crippen LogP contribution >= 0.6 is 0 Å². The van der Waals surface area contributed by atoms with Crippen molar-refractivity contribution in [2.75, 3.05) is 13.1 Å². The summed E-state index contributed by atoms with van der Waals surface area (Å²) in [4.78, 5) is 24.8. The first-order valence-corrected chi connectivity index (χ1v) is 8.32. The number of piperidine rings is 1. The number of carboxylic acids is 1. The third kappa shape index (κ3) is 5.21. The lowest BCUT2D eigenvalue weighted by Crippen LogP contribution is -2.48. The van der Waals surface area contributed by atoms with Gasteiger partial charge in [0.15, 0.2) is 0 Å². The quantitative estimate of drug-likeness (QED) is 0.838. The molecule has 0 radical (unpaired) electrons. The zero-order chi connectivity index (χ0) is 15.2. The molecule has 2 fully saturated rings. The summed E-state index contributed by atoms with van der Waals surface area (Å²) in [6.07, 6.45) is 7.54. The molecule has 0 aromatic rings. The minimum Gasteiger partial charge on any atom is -0.481 e. The topological polar surface area (TPSA) is 69.6 Å². The molecule has 1 aliphatic heterocycles. The molecule has 1 saturated carbocycles. The SMILES string of the molecule is CC1CCCC(NC(=O)N2CCC(CCC(=O)O)CC2)C1. The minimum atomic E-state index is -0.721. The summed E-state index contributed by atoms with van der Waals surface area (Å²) < 4.78 is 0. The number of carboxylic acid groups (broad SMARTS) is 1. The number of nitrogens with one attached hydrogen (secondary N) is 1. The summed E-state index contributed by atoms with van der Waals surface area (Å²) in [7, 11) is 0. The Morgan fingerprint density at radius 2 is 1.90 bits per heavy atom. The van der Waals surface area contributed by atoms with Crippen LogP contribution in [0.4, 0.5) is 4.79 Å². The first kappa shape index (κ1) is 16.1. The average molecular weight is 296 g/mol. The number of hydrogen-bond donors (Lipinski definition) is 2. The molecule has 1 heterocycles. The van der Waals surface area contributed by atoms with Crippen molar-refractivity contribution in [3.05, 3.63) is 0 Å². The molecule has 1 saturated heterocycles. The number of carbonyl (C=O) groups is 2. The van der Waals surface area contributed by atoms with Crippen LogP contribution in [-0.4, -0.2) is 41.1 Å². The van der Waals surface area contributed by atoms with Crippen molar-refractivity contribution < 1.29 is 14.7 Å². The summed E-state index contributed by atoms with van der Waals surface area (Å²) in [5, 5.41) is 11.9. The number of rotatable bonds is 4. The number of urea groups is 1. The highest BCUT2D eigenvalue weighted by atomic mass is 16.4. The zero-order valence-corrected chi connectivity index (χ0v) is 13.0. The predicted octanol–water partition coefficient (Wildman–Crippen LogP) is 2.85. The molecule has 5 heteroatoms. The van der Waals surface area contributed by atoms with Crippen LogP contribution in [0.3, 0.4) is 0 Å². The Balaban J connectivity index is 1.69. The molecule has 1 aliphatic carbocycles. The van der Waals surface area contributed by atoms with E-state index in [9.17, 15) is 9.59 Å². The molecular weight excluding hydrogens is 268 g/mol. The maximum Gasteiger partial charge on any atom is 0.317 e. The maximum absolute atomic E-state index is 12.3. The Labute approximate surface area is 127 Å². The van der Waals surface area contributed by atoms with E-state index < -0.39 is 5.97 Å². The van der Waals surface area contributed by atoms with Gasteiger partial charge in [0, 0.05) is 25.6 Å². The van der Waals surface area contributed by atoms with Crippen molar-refractivity contribution in [2.24, 2.45) is 11.8 Å². The van der Waals surface area contributed by atoms with E-state index in [0.29, 0.717) is 17.9 Å². The summed E-state index contributed by atoms with van der Waals surface area (Å²) >= 11 is 0. The Kier molecular flexibility index (Phi) is 5.88. The smallest absolute Gasteiger partial charge is 0.317 e. The molecule has 0 spiro atoms. The maximum atomic E-state index is 12.3. The van der Waals surface area contributed by atoms with Crippen LogP contribution < -0.4 is 5.32 Å². The molecule has 2 aliphatic rings. The van der Waals surface area contributed by atoms with Gasteiger partial charge in [0.05, 0.1) is 0 Å². The fourth-order valence-corrected chi connectivity index (χ4v) is 3.58. The van der Waals surface area contributed by atoms with Crippen LogP contribution in [0, 0.1) is 11.8 Å². The van der Waals surface area contributed by atoms with Gasteiger partial charge < -0.3 is 15.3 Å². The third-order valence-electron chi connectivity index (χ3n) is 4.93. The molecular formula is C16H28N2O3. The highest BCUT2D eigenvalue weighted by molar-refractivity contribution is 5.74. The lowest BCUT2D eigenvalue weighted by Gasteiger charge is -2.34. The number of aliphatic carboxylic acids is 1. The van der Waals surface area contributed by atoms with E-state index >= 15 is 0 Å². The number of carbonyl (C=O) groups excluding carboxylic acids is 1. The largest absolute Gasteiger partial charge is 0.481 e. The van der Waals surface area contributed by atoms with Crippen LogP contribution in [0.1, 0.15) is 58.3 Å². The molecule has 2 unspecified atom stereocenters. The van der Waals surface area contributed by atoms with Crippen molar-refractivity contribution >= 4 is 12.0 Å². The Bertz CT molecular complexity index is 365. The Morgan fingerprint density at radius 1 is 1.19 bits per heavy atom. The van der Waals surface area contributed by atoms with Crippen LogP contribution in [0.5, 0.6) is 0 Å². The van der Waals surface area contributed by atoms with Gasteiger partial charge >= 0.3 is 12.0 Å². The first-order chi connectivity index (χ1) is 10.0. The molecule has 0 aromatic carbocycles. The average Bonchev–Trinajstić information content (AvgIpc) is 2.45. The lowest BCUT2D eigenvalue weighted by molar-refractivity contribution is -0.137. The molecule has 2 rings (SSSR count). The van der Waals surface area contributed by atoms with Gasteiger partial charge in [-0.15, -0.1) is 0 Å². The Morgan fingerprint density at radius 3 is 2.52 bits per heavy atom. The molecule has 2 N–H and O–H groups in total. The monoisotopic (exact) mass is 296 g/mol. The lowest BCUT2D eigenvalue weighted by atomic mass is 9.87. The van der Waals surface area contributed by atoms with Crippen molar-refractivity contribution in [1.82, 2.24) is 10.2 Å². The van der Waals surface area contributed by atoms with Gasteiger partial charge in [-0.2, -0.15) is 0 Å². The second-order valence-corrected chi connectivity index (χ2v) is 6.78. The van der Waals surface area contributed by atoms with E-state index in [-0.39, 0.29) is 12.5 Å². The first-order valence-electron chi connectivity index (χ1n) is 8.32. The van der Waals surface area contributed by atoms with E-state index in [1.807, 2.05) is 4.90 Å². The van der Waals surface area contributed by atoms with Gasteiger partial charge in [0.2, 0.25) is 0 Å².